The second kappa shape index (κ2) is 4.62. The lowest BCUT2D eigenvalue weighted by atomic mass is 10.2. The Bertz CT molecular complexity index is 682. The highest BCUT2D eigenvalue weighted by Gasteiger charge is 2.05. The summed E-state index contributed by atoms with van der Waals surface area (Å²) in [6.45, 7) is 0. The van der Waals surface area contributed by atoms with Gasteiger partial charge >= 0.3 is 0 Å². The van der Waals surface area contributed by atoms with Gasteiger partial charge < -0.3 is 4.74 Å². The van der Waals surface area contributed by atoms with Gasteiger partial charge in [0.05, 0.1) is 5.52 Å². The Morgan fingerprint density at radius 3 is 2.44 bits per heavy atom. The molecule has 0 amide bonds. The van der Waals surface area contributed by atoms with Gasteiger partial charge in [0.1, 0.15) is 5.75 Å². The Kier molecular flexibility index (Phi) is 2.82. The third-order valence-corrected chi connectivity index (χ3v) is 3.54. The fourth-order valence-corrected chi connectivity index (χ4v) is 2.43. The molecule has 3 rings (SSSR count). The molecule has 3 aromatic rings. The van der Waals surface area contributed by atoms with Gasteiger partial charge in [0, 0.05) is 15.6 Å². The quantitative estimate of drug-likeness (QED) is 0.650. The van der Waals surface area contributed by atoms with E-state index in [-0.39, 0.29) is 0 Å². The molecule has 88 valence electrons. The van der Waals surface area contributed by atoms with Crippen LogP contribution in [0.1, 0.15) is 0 Å². The van der Waals surface area contributed by atoms with Crippen LogP contribution < -0.4 is 9.92 Å². The number of rotatable bonds is 2. The zero-order chi connectivity index (χ0) is 12.4. The summed E-state index contributed by atoms with van der Waals surface area (Å²) in [6.07, 6.45) is 0. The van der Waals surface area contributed by atoms with Crippen molar-refractivity contribution in [1.29, 1.82) is 0 Å². The van der Waals surface area contributed by atoms with Gasteiger partial charge in [-0.1, -0.05) is 36.4 Å². The molecule has 0 saturated heterocycles. The Balaban J connectivity index is 2.04. The number of ether oxygens (including phenoxy) is 1. The highest BCUT2D eigenvalue weighted by atomic mass is 28.1. The van der Waals surface area contributed by atoms with Crippen molar-refractivity contribution in [2.45, 2.75) is 0 Å². The minimum absolute atomic E-state index is 0.728. The topological polar surface area (TPSA) is 22.1 Å². The first-order valence-corrected chi connectivity index (χ1v) is 6.92. The Labute approximate surface area is 109 Å². The molecule has 0 atom stereocenters. The van der Waals surface area contributed by atoms with Gasteiger partial charge in [-0.3, -0.25) is 0 Å². The van der Waals surface area contributed by atoms with Crippen LogP contribution in [0.5, 0.6) is 11.6 Å². The molecule has 2 aromatic carbocycles. The van der Waals surface area contributed by atoms with Crippen LogP contribution in [-0.2, 0) is 0 Å². The van der Waals surface area contributed by atoms with E-state index in [1.165, 1.54) is 10.6 Å². The fourth-order valence-electron chi connectivity index (χ4n) is 1.91. The standard InChI is InChI=1S/C15H13NOSi/c18-14-10-11-6-4-5-9-13(11)16-15(14)17-12-7-2-1-3-8-12/h1-10H,18H3. The lowest BCUT2D eigenvalue weighted by molar-refractivity contribution is 0.469. The summed E-state index contributed by atoms with van der Waals surface area (Å²) in [5.74, 6) is 1.56. The van der Waals surface area contributed by atoms with Gasteiger partial charge in [0.25, 0.3) is 0 Å². The predicted octanol–water partition coefficient (Wildman–Crippen LogP) is 2.02. The number of pyridine rings is 1. The maximum absolute atomic E-state index is 5.84. The van der Waals surface area contributed by atoms with E-state index in [0.29, 0.717) is 0 Å². The smallest absolute Gasteiger partial charge is 0.217 e. The lowest BCUT2D eigenvalue weighted by Crippen LogP contribution is -2.08. The summed E-state index contributed by atoms with van der Waals surface area (Å²) in [4.78, 5) is 4.58. The summed E-state index contributed by atoms with van der Waals surface area (Å²) < 4.78 is 5.84. The average Bonchev–Trinajstić information content (AvgIpc) is 2.41. The molecule has 0 N–H and O–H groups in total. The van der Waals surface area contributed by atoms with E-state index in [4.69, 9.17) is 4.74 Å². The fraction of sp³-hybridized carbons (Fsp3) is 0. The lowest BCUT2D eigenvalue weighted by Gasteiger charge is -2.08. The molecule has 0 saturated carbocycles. The number of para-hydroxylation sites is 2. The first kappa shape index (κ1) is 11.0. The van der Waals surface area contributed by atoms with E-state index in [2.05, 4.69) is 17.1 Å². The van der Waals surface area contributed by atoms with Crippen LogP contribution in [-0.4, -0.2) is 15.2 Å². The van der Waals surface area contributed by atoms with Crippen LogP contribution in [0.4, 0.5) is 0 Å². The molecule has 0 fully saturated rings. The largest absolute Gasteiger partial charge is 0.439 e. The summed E-state index contributed by atoms with van der Waals surface area (Å²) in [7, 11) is 0.918. The van der Waals surface area contributed by atoms with E-state index < -0.39 is 0 Å². The van der Waals surface area contributed by atoms with Gasteiger partial charge in [-0.2, -0.15) is 0 Å². The number of hydrogen-bond acceptors (Lipinski definition) is 2. The van der Waals surface area contributed by atoms with Crippen LogP contribution >= 0.6 is 0 Å². The summed E-state index contributed by atoms with van der Waals surface area (Å²) in [6, 6.07) is 20.1. The third kappa shape index (κ3) is 2.13. The van der Waals surface area contributed by atoms with E-state index in [1.807, 2.05) is 48.5 Å². The average molecular weight is 251 g/mol. The van der Waals surface area contributed by atoms with Crippen LogP contribution in [0.2, 0.25) is 0 Å². The molecule has 0 aliphatic heterocycles. The highest BCUT2D eigenvalue weighted by Crippen LogP contribution is 2.19. The van der Waals surface area contributed by atoms with Crippen LogP contribution in [0, 0.1) is 0 Å². The number of aromatic nitrogens is 1. The summed E-state index contributed by atoms with van der Waals surface area (Å²) in [5, 5.41) is 2.35. The SMILES string of the molecule is [SiH3]c1cc2ccccc2nc1Oc1ccccc1. The molecule has 0 bridgehead atoms. The molecule has 18 heavy (non-hydrogen) atoms. The molecule has 0 unspecified atom stereocenters. The van der Waals surface area contributed by atoms with Crippen molar-refractivity contribution in [2.75, 3.05) is 0 Å². The van der Waals surface area contributed by atoms with Crippen molar-refractivity contribution in [2.24, 2.45) is 0 Å². The minimum Gasteiger partial charge on any atom is -0.439 e. The maximum Gasteiger partial charge on any atom is 0.217 e. The molecule has 0 aliphatic carbocycles. The number of nitrogens with zero attached hydrogens (tertiary/aromatic N) is 1. The van der Waals surface area contributed by atoms with Gasteiger partial charge in [0.2, 0.25) is 5.88 Å². The molecular weight excluding hydrogens is 238 g/mol. The Hall–Kier alpha value is -2.13. The van der Waals surface area contributed by atoms with Crippen molar-refractivity contribution in [3.63, 3.8) is 0 Å². The van der Waals surface area contributed by atoms with Crippen LogP contribution in [0.15, 0.2) is 60.7 Å². The maximum atomic E-state index is 5.84. The number of fused-ring (bicyclic) bond motifs is 1. The van der Waals surface area contributed by atoms with Crippen molar-refractivity contribution >= 4 is 26.3 Å². The first-order valence-electron chi connectivity index (χ1n) is 5.92. The van der Waals surface area contributed by atoms with Crippen LogP contribution in [0.3, 0.4) is 0 Å². The summed E-state index contributed by atoms with van der Waals surface area (Å²) in [5.41, 5.74) is 0.975. The molecule has 1 aromatic heterocycles. The Morgan fingerprint density at radius 1 is 0.889 bits per heavy atom. The van der Waals surface area contributed by atoms with Crippen LogP contribution in [0.25, 0.3) is 10.9 Å². The van der Waals surface area contributed by atoms with E-state index in [1.54, 1.807) is 0 Å². The number of hydrogen-bond donors (Lipinski definition) is 0. The van der Waals surface area contributed by atoms with Crippen molar-refractivity contribution < 1.29 is 4.74 Å². The van der Waals surface area contributed by atoms with Gasteiger partial charge in [-0.15, -0.1) is 0 Å². The molecule has 3 heteroatoms. The van der Waals surface area contributed by atoms with Crippen molar-refractivity contribution in [3.8, 4) is 11.6 Å². The van der Waals surface area contributed by atoms with Gasteiger partial charge in [-0.25, -0.2) is 4.98 Å². The van der Waals surface area contributed by atoms with Gasteiger partial charge in [-0.05, 0) is 29.5 Å². The Morgan fingerprint density at radius 2 is 1.61 bits per heavy atom. The summed E-state index contributed by atoms with van der Waals surface area (Å²) >= 11 is 0. The second-order valence-corrected chi connectivity index (χ2v) is 5.30. The van der Waals surface area contributed by atoms with E-state index in [9.17, 15) is 0 Å². The van der Waals surface area contributed by atoms with Gasteiger partial charge in [0.15, 0.2) is 0 Å². The molecule has 0 aliphatic rings. The molecule has 2 nitrogen and oxygen atoms in total. The molecule has 0 radical (unpaired) electrons. The molecule has 1 heterocycles. The first-order chi connectivity index (χ1) is 8.83. The van der Waals surface area contributed by atoms with E-state index >= 15 is 0 Å². The second-order valence-electron chi connectivity index (χ2n) is 4.22. The predicted molar refractivity (Wildman–Crippen MR) is 77.8 cm³/mol. The monoisotopic (exact) mass is 251 g/mol. The zero-order valence-corrected chi connectivity index (χ0v) is 12.1. The molecule has 0 spiro atoms. The normalized spacial score (nSPS) is 10.7. The van der Waals surface area contributed by atoms with E-state index in [0.717, 1.165) is 27.4 Å². The minimum atomic E-state index is 0.728. The zero-order valence-electron chi connectivity index (χ0n) is 10.1. The highest BCUT2D eigenvalue weighted by molar-refractivity contribution is 6.34. The third-order valence-electron chi connectivity index (χ3n) is 2.83. The number of benzene rings is 2. The molecular formula is C15H13NOSi. The van der Waals surface area contributed by atoms with Crippen molar-refractivity contribution in [3.05, 3.63) is 60.7 Å². The van der Waals surface area contributed by atoms with Crippen molar-refractivity contribution in [1.82, 2.24) is 4.98 Å².